The van der Waals surface area contributed by atoms with Crippen LogP contribution in [0.4, 0.5) is 0 Å². The summed E-state index contributed by atoms with van der Waals surface area (Å²) in [5.41, 5.74) is 0. The van der Waals surface area contributed by atoms with Gasteiger partial charge in [0.05, 0.1) is 26.4 Å². The lowest BCUT2D eigenvalue weighted by atomic mass is 10.3. The Bertz CT molecular complexity index is 270. The van der Waals surface area contributed by atoms with E-state index in [1.54, 1.807) is 13.8 Å². The molecule has 0 N–H and O–H groups in total. The first-order valence-electron chi connectivity index (χ1n) is 6.36. The number of rotatable bonds is 6. The molecule has 0 atom stereocenters. The van der Waals surface area contributed by atoms with Gasteiger partial charge in [0.25, 0.3) is 0 Å². The van der Waals surface area contributed by atoms with Crippen molar-refractivity contribution in [3.8, 4) is 0 Å². The molecule has 6 nitrogen and oxygen atoms in total. The number of hydrogen-bond acceptors (Lipinski definition) is 5. The van der Waals surface area contributed by atoms with Crippen LogP contribution >= 0.6 is 0 Å². The molecule has 0 saturated carbocycles. The largest absolute Gasteiger partial charge is 1.00 e. The predicted octanol–water partition coefficient (Wildman–Crippen LogP) is -3.04. The lowest BCUT2D eigenvalue weighted by Crippen LogP contribution is -3.00. The molecule has 0 radical (unpaired) electrons. The molecule has 7 heteroatoms. The van der Waals surface area contributed by atoms with Gasteiger partial charge in [-0.25, -0.2) is 9.59 Å². The molecule has 112 valence electrons. The van der Waals surface area contributed by atoms with Crippen LogP contribution in [0.25, 0.3) is 0 Å². The Hall–Kier alpha value is -0.660. The van der Waals surface area contributed by atoms with Gasteiger partial charge in [-0.3, -0.25) is 0 Å². The van der Waals surface area contributed by atoms with Crippen molar-refractivity contribution in [1.82, 2.24) is 0 Å². The van der Waals surface area contributed by atoms with Crippen molar-refractivity contribution < 1.29 is 45.3 Å². The van der Waals surface area contributed by atoms with E-state index in [1.807, 2.05) is 0 Å². The van der Waals surface area contributed by atoms with E-state index >= 15 is 0 Å². The van der Waals surface area contributed by atoms with Crippen molar-refractivity contribution in [1.29, 1.82) is 0 Å². The molecule has 1 fully saturated rings. The van der Waals surface area contributed by atoms with Gasteiger partial charge in [0.2, 0.25) is 0 Å². The summed E-state index contributed by atoms with van der Waals surface area (Å²) < 4.78 is 15.6. The van der Waals surface area contributed by atoms with E-state index in [0.29, 0.717) is 44.0 Å². The molecule has 1 aliphatic rings. The summed E-state index contributed by atoms with van der Waals surface area (Å²) in [6.07, 6.45) is 0. The van der Waals surface area contributed by atoms with Gasteiger partial charge in [0, 0.05) is 0 Å². The number of halogens is 1. The van der Waals surface area contributed by atoms with Crippen LogP contribution in [0.5, 0.6) is 0 Å². The molecule has 19 heavy (non-hydrogen) atoms. The van der Waals surface area contributed by atoms with Gasteiger partial charge in [-0.1, -0.05) is 0 Å². The minimum atomic E-state index is -0.274. The van der Waals surface area contributed by atoms with Crippen LogP contribution in [0.15, 0.2) is 0 Å². The van der Waals surface area contributed by atoms with Crippen molar-refractivity contribution in [2.75, 3.05) is 52.6 Å². The third kappa shape index (κ3) is 6.35. The highest BCUT2D eigenvalue weighted by atomic mass is 79.9. The summed E-state index contributed by atoms with van der Waals surface area (Å²) in [4.78, 5) is 23.3. The highest BCUT2D eigenvalue weighted by Crippen LogP contribution is 2.12. The molecular formula is C12H22BrNO5. The number of nitrogens with zero attached hydrogens (tertiary/aromatic N) is 1. The van der Waals surface area contributed by atoms with Crippen molar-refractivity contribution in [2.45, 2.75) is 13.8 Å². The quantitative estimate of drug-likeness (QED) is 0.380. The minimum Gasteiger partial charge on any atom is -1.00 e. The van der Waals surface area contributed by atoms with Crippen molar-refractivity contribution in [3.63, 3.8) is 0 Å². The smallest absolute Gasteiger partial charge is 0.361 e. The van der Waals surface area contributed by atoms with Gasteiger partial charge < -0.3 is 35.7 Å². The fraction of sp³-hybridized carbons (Fsp3) is 0.833. The second-order valence-corrected chi connectivity index (χ2v) is 4.33. The van der Waals surface area contributed by atoms with E-state index in [4.69, 9.17) is 14.2 Å². The lowest BCUT2D eigenvalue weighted by molar-refractivity contribution is -0.921. The number of hydrogen-bond donors (Lipinski definition) is 0. The second kappa shape index (κ2) is 9.28. The Labute approximate surface area is 124 Å². The zero-order valence-electron chi connectivity index (χ0n) is 11.5. The van der Waals surface area contributed by atoms with Gasteiger partial charge in [0.15, 0.2) is 13.1 Å². The Morgan fingerprint density at radius 3 is 1.79 bits per heavy atom. The number of ether oxygens (including phenoxy) is 3. The molecule has 0 spiro atoms. The van der Waals surface area contributed by atoms with E-state index in [1.165, 1.54) is 0 Å². The first kappa shape index (κ1) is 18.3. The summed E-state index contributed by atoms with van der Waals surface area (Å²) in [7, 11) is 0. The number of carbonyl (C=O) groups is 2. The van der Waals surface area contributed by atoms with E-state index in [-0.39, 0.29) is 42.0 Å². The highest BCUT2D eigenvalue weighted by molar-refractivity contribution is 5.73. The fourth-order valence-corrected chi connectivity index (χ4v) is 2.06. The Balaban J connectivity index is 0.00000324. The summed E-state index contributed by atoms with van der Waals surface area (Å²) in [5, 5.41) is 0. The SMILES string of the molecule is CCOC(=O)C[N+]1(CC(=O)OCC)CCOCC1.[Br-]. The van der Waals surface area contributed by atoms with Crippen LogP contribution in [0, 0.1) is 0 Å². The maximum atomic E-state index is 11.6. The van der Waals surface area contributed by atoms with Crippen molar-refractivity contribution in [2.24, 2.45) is 0 Å². The molecule has 1 aliphatic heterocycles. The number of carbonyl (C=O) groups excluding carboxylic acids is 2. The molecule has 0 unspecified atom stereocenters. The van der Waals surface area contributed by atoms with Gasteiger partial charge >= 0.3 is 11.9 Å². The molecule has 0 aromatic rings. The maximum Gasteiger partial charge on any atom is 0.361 e. The topological polar surface area (TPSA) is 61.8 Å². The van der Waals surface area contributed by atoms with E-state index in [9.17, 15) is 9.59 Å². The van der Waals surface area contributed by atoms with Crippen LogP contribution in [-0.2, 0) is 23.8 Å². The maximum absolute atomic E-state index is 11.6. The molecule has 1 saturated heterocycles. The molecule has 1 heterocycles. The standard InChI is InChI=1S/C12H22NO5.BrH/c1-3-17-11(14)9-13(5-7-16-8-6-13)10-12(15)18-4-2;/h3-10H2,1-2H3;1H/q+1;/p-1. The van der Waals surface area contributed by atoms with Crippen LogP contribution in [0.2, 0.25) is 0 Å². The zero-order valence-corrected chi connectivity index (χ0v) is 13.1. The van der Waals surface area contributed by atoms with Crippen molar-refractivity contribution in [3.05, 3.63) is 0 Å². The molecular weight excluding hydrogens is 318 g/mol. The van der Waals surface area contributed by atoms with Crippen molar-refractivity contribution >= 4 is 11.9 Å². The van der Waals surface area contributed by atoms with E-state index in [0.717, 1.165) is 0 Å². The van der Waals surface area contributed by atoms with Gasteiger partial charge in [-0.05, 0) is 13.8 Å². The second-order valence-electron chi connectivity index (χ2n) is 4.33. The average molecular weight is 340 g/mol. The molecule has 0 aromatic carbocycles. The summed E-state index contributed by atoms with van der Waals surface area (Å²) in [6, 6.07) is 0. The summed E-state index contributed by atoms with van der Waals surface area (Å²) in [6.45, 7) is 7.04. The Morgan fingerprint density at radius 1 is 1.00 bits per heavy atom. The van der Waals surface area contributed by atoms with Crippen LogP contribution < -0.4 is 17.0 Å². The number of morpholine rings is 1. The number of esters is 2. The van der Waals surface area contributed by atoms with Gasteiger partial charge in [-0.15, -0.1) is 0 Å². The van der Waals surface area contributed by atoms with E-state index < -0.39 is 0 Å². The first-order valence-corrected chi connectivity index (χ1v) is 6.36. The molecule has 1 rings (SSSR count). The summed E-state index contributed by atoms with van der Waals surface area (Å²) in [5.74, 6) is -0.549. The fourth-order valence-electron chi connectivity index (χ4n) is 2.06. The predicted molar refractivity (Wildman–Crippen MR) is 63.8 cm³/mol. The average Bonchev–Trinajstić information content (AvgIpc) is 2.30. The molecule has 0 bridgehead atoms. The third-order valence-electron chi connectivity index (χ3n) is 2.96. The lowest BCUT2D eigenvalue weighted by Gasteiger charge is -2.39. The number of quaternary nitrogens is 1. The molecule has 0 aliphatic carbocycles. The molecule has 0 aromatic heterocycles. The third-order valence-corrected chi connectivity index (χ3v) is 2.96. The normalized spacial score (nSPS) is 17.2. The zero-order chi connectivity index (χ0) is 13.4. The first-order chi connectivity index (χ1) is 8.62. The highest BCUT2D eigenvalue weighted by Gasteiger charge is 2.36. The molecule has 0 amide bonds. The van der Waals surface area contributed by atoms with Crippen LogP contribution in [-0.4, -0.2) is 69.0 Å². The Kier molecular flexibility index (Phi) is 8.95. The van der Waals surface area contributed by atoms with E-state index in [2.05, 4.69) is 0 Å². The van der Waals surface area contributed by atoms with Crippen LogP contribution in [0.1, 0.15) is 13.8 Å². The van der Waals surface area contributed by atoms with Gasteiger partial charge in [-0.2, -0.15) is 0 Å². The minimum absolute atomic E-state index is 0. The Morgan fingerprint density at radius 2 is 1.42 bits per heavy atom. The van der Waals surface area contributed by atoms with Gasteiger partial charge in [0.1, 0.15) is 13.1 Å². The monoisotopic (exact) mass is 339 g/mol. The van der Waals surface area contributed by atoms with Crippen LogP contribution in [0.3, 0.4) is 0 Å². The summed E-state index contributed by atoms with van der Waals surface area (Å²) >= 11 is 0.